The average molecular weight is 414 g/mol. The summed E-state index contributed by atoms with van der Waals surface area (Å²) in [4.78, 5) is 21.8. The van der Waals surface area contributed by atoms with Crippen molar-refractivity contribution >= 4 is 11.6 Å². The third-order valence-corrected chi connectivity index (χ3v) is 6.75. The predicted octanol–water partition coefficient (Wildman–Crippen LogP) is 2.29. The number of hydrogen-bond acceptors (Lipinski definition) is 5. The molecule has 8 heteroatoms. The van der Waals surface area contributed by atoms with Crippen LogP contribution in [0.25, 0.3) is 5.82 Å². The standard InChI is InChI=1S/C22H27FN4O3/c1-29-15-12-27-17-4-2-9-24-19(17)26-10-3-5-18(26)22(27)6-11-25(16-22)20(28)21(23)7-13-30-14-8-21/h2-5,9-10H,6-8,11-16H2,1H3/t22-/m0/s1. The minimum atomic E-state index is -1.82. The van der Waals surface area contributed by atoms with Crippen LogP contribution in [-0.2, 0) is 19.8 Å². The first kappa shape index (κ1) is 19.5. The van der Waals surface area contributed by atoms with Crippen LogP contribution in [0.3, 0.4) is 0 Å². The Bertz CT molecular complexity index is 942. The number of nitrogens with zero attached hydrogens (tertiary/aromatic N) is 4. The summed E-state index contributed by atoms with van der Waals surface area (Å²) in [5, 5.41) is 0. The molecule has 0 unspecified atom stereocenters. The zero-order valence-corrected chi connectivity index (χ0v) is 17.2. The molecule has 7 nitrogen and oxygen atoms in total. The Morgan fingerprint density at radius 2 is 2.10 bits per heavy atom. The van der Waals surface area contributed by atoms with Gasteiger partial charge in [0.05, 0.1) is 31.2 Å². The largest absolute Gasteiger partial charge is 0.383 e. The van der Waals surface area contributed by atoms with Crippen molar-refractivity contribution in [1.82, 2.24) is 14.5 Å². The van der Waals surface area contributed by atoms with Crippen LogP contribution in [0.5, 0.6) is 0 Å². The van der Waals surface area contributed by atoms with Crippen LogP contribution in [0.2, 0.25) is 0 Å². The number of hydrogen-bond donors (Lipinski definition) is 0. The second-order valence-electron chi connectivity index (χ2n) is 8.34. The summed E-state index contributed by atoms with van der Waals surface area (Å²) in [7, 11) is 1.69. The minimum absolute atomic E-state index is 0.131. The Morgan fingerprint density at radius 1 is 1.27 bits per heavy atom. The molecule has 0 aliphatic carbocycles. The van der Waals surface area contributed by atoms with Gasteiger partial charge in [0.2, 0.25) is 0 Å². The van der Waals surface area contributed by atoms with Gasteiger partial charge in [0.15, 0.2) is 11.5 Å². The normalized spacial score (nSPS) is 24.7. The number of likely N-dealkylation sites (tertiary alicyclic amines) is 1. The molecule has 1 amide bonds. The summed E-state index contributed by atoms with van der Waals surface area (Å²) in [6, 6.07) is 8.08. The number of fused-ring (bicyclic) bond motifs is 4. The second kappa shape index (κ2) is 7.35. The molecule has 2 fully saturated rings. The van der Waals surface area contributed by atoms with Gasteiger partial charge in [0.25, 0.3) is 5.91 Å². The Morgan fingerprint density at radius 3 is 2.90 bits per heavy atom. The maximum absolute atomic E-state index is 15.4. The number of amides is 1. The molecule has 0 radical (unpaired) electrons. The van der Waals surface area contributed by atoms with E-state index in [-0.39, 0.29) is 12.8 Å². The second-order valence-corrected chi connectivity index (χ2v) is 8.34. The van der Waals surface area contributed by atoms with Crippen LogP contribution < -0.4 is 4.90 Å². The van der Waals surface area contributed by atoms with Crippen LogP contribution in [0.1, 0.15) is 25.0 Å². The zero-order chi connectivity index (χ0) is 20.8. The molecule has 2 saturated heterocycles. The Labute approximate surface area is 175 Å². The average Bonchev–Trinajstić information content (AvgIpc) is 3.43. The van der Waals surface area contributed by atoms with Crippen LogP contribution in [0, 0.1) is 0 Å². The molecule has 0 saturated carbocycles. The lowest BCUT2D eigenvalue weighted by Gasteiger charge is -2.47. The first-order chi connectivity index (χ1) is 14.6. The summed E-state index contributed by atoms with van der Waals surface area (Å²) >= 11 is 0. The Kier molecular flexibility index (Phi) is 4.78. The van der Waals surface area contributed by atoms with E-state index in [9.17, 15) is 4.79 Å². The summed E-state index contributed by atoms with van der Waals surface area (Å²) in [6.07, 6.45) is 4.79. The summed E-state index contributed by atoms with van der Waals surface area (Å²) < 4.78 is 28.2. The van der Waals surface area contributed by atoms with Crippen molar-refractivity contribution in [3.05, 3.63) is 42.4 Å². The first-order valence-corrected chi connectivity index (χ1v) is 10.5. The van der Waals surface area contributed by atoms with E-state index in [0.29, 0.717) is 39.5 Å². The highest BCUT2D eigenvalue weighted by Crippen LogP contribution is 2.47. The minimum Gasteiger partial charge on any atom is -0.383 e. The molecule has 0 bridgehead atoms. The first-order valence-electron chi connectivity index (χ1n) is 10.5. The van der Waals surface area contributed by atoms with Crippen molar-refractivity contribution in [1.29, 1.82) is 0 Å². The topological polar surface area (TPSA) is 59.8 Å². The number of methoxy groups -OCH3 is 1. The van der Waals surface area contributed by atoms with E-state index in [1.807, 2.05) is 18.3 Å². The maximum Gasteiger partial charge on any atom is 0.260 e. The van der Waals surface area contributed by atoms with E-state index in [2.05, 4.69) is 26.6 Å². The Hall–Kier alpha value is -2.45. The van der Waals surface area contributed by atoms with E-state index in [4.69, 9.17) is 9.47 Å². The number of rotatable bonds is 4. The monoisotopic (exact) mass is 414 g/mol. The molecule has 0 aromatic carbocycles. The number of pyridine rings is 1. The van der Waals surface area contributed by atoms with Gasteiger partial charge < -0.3 is 23.8 Å². The van der Waals surface area contributed by atoms with Gasteiger partial charge in [-0.25, -0.2) is 9.37 Å². The van der Waals surface area contributed by atoms with Crippen molar-refractivity contribution in [3.8, 4) is 5.82 Å². The lowest BCUT2D eigenvalue weighted by molar-refractivity contribution is -0.149. The fourth-order valence-corrected chi connectivity index (χ4v) is 5.20. The highest BCUT2D eigenvalue weighted by atomic mass is 19.1. The number of carbonyl (C=O) groups excluding carboxylic acids is 1. The molecule has 160 valence electrons. The number of aromatic nitrogens is 2. The molecule has 2 aromatic rings. The van der Waals surface area contributed by atoms with Crippen LogP contribution in [-0.4, -0.2) is 72.6 Å². The van der Waals surface area contributed by atoms with E-state index in [1.165, 1.54) is 0 Å². The number of anilines is 1. The van der Waals surface area contributed by atoms with Crippen LogP contribution >= 0.6 is 0 Å². The smallest absolute Gasteiger partial charge is 0.260 e. The van der Waals surface area contributed by atoms with Gasteiger partial charge in [0.1, 0.15) is 5.54 Å². The molecule has 1 atom stereocenters. The van der Waals surface area contributed by atoms with Gasteiger partial charge in [0, 0.05) is 52.0 Å². The van der Waals surface area contributed by atoms with E-state index >= 15 is 4.39 Å². The SMILES string of the molecule is COCCN1c2cccnc2-n2cccc2[C@@]12CCN(C(=O)C1(F)CCOCC1)C2. The highest BCUT2D eigenvalue weighted by Gasteiger charge is 2.53. The molecule has 3 aliphatic rings. The lowest BCUT2D eigenvalue weighted by Crippen LogP contribution is -2.55. The van der Waals surface area contributed by atoms with E-state index in [0.717, 1.165) is 23.6 Å². The van der Waals surface area contributed by atoms with Crippen molar-refractivity contribution in [2.75, 3.05) is 51.5 Å². The summed E-state index contributed by atoms with van der Waals surface area (Å²) in [6.45, 7) is 2.77. The van der Waals surface area contributed by atoms with E-state index < -0.39 is 17.1 Å². The third kappa shape index (κ3) is 2.85. The fourth-order valence-electron chi connectivity index (χ4n) is 5.20. The molecule has 0 N–H and O–H groups in total. The summed E-state index contributed by atoms with van der Waals surface area (Å²) in [5.74, 6) is 0.472. The van der Waals surface area contributed by atoms with Gasteiger partial charge in [-0.3, -0.25) is 4.79 Å². The van der Waals surface area contributed by atoms with Gasteiger partial charge in [-0.05, 0) is 30.7 Å². The molecule has 3 aliphatic heterocycles. The molecular weight excluding hydrogens is 387 g/mol. The van der Waals surface area contributed by atoms with Crippen LogP contribution in [0.4, 0.5) is 10.1 Å². The quantitative estimate of drug-likeness (QED) is 0.768. The van der Waals surface area contributed by atoms with Crippen molar-refractivity contribution in [2.45, 2.75) is 30.5 Å². The lowest BCUT2D eigenvalue weighted by atomic mass is 9.88. The van der Waals surface area contributed by atoms with Gasteiger partial charge >= 0.3 is 0 Å². The molecule has 1 spiro atoms. The van der Waals surface area contributed by atoms with E-state index in [1.54, 1.807) is 18.2 Å². The van der Waals surface area contributed by atoms with Crippen molar-refractivity contribution in [2.24, 2.45) is 0 Å². The number of ether oxygens (including phenoxy) is 2. The number of carbonyl (C=O) groups is 1. The summed E-state index contributed by atoms with van der Waals surface area (Å²) in [5.41, 5.74) is -0.166. The van der Waals surface area contributed by atoms with Crippen LogP contribution in [0.15, 0.2) is 36.7 Å². The zero-order valence-electron chi connectivity index (χ0n) is 17.2. The maximum atomic E-state index is 15.4. The highest BCUT2D eigenvalue weighted by molar-refractivity contribution is 5.86. The number of alkyl halides is 1. The fraction of sp³-hybridized carbons (Fsp3) is 0.545. The predicted molar refractivity (Wildman–Crippen MR) is 110 cm³/mol. The van der Waals surface area contributed by atoms with Gasteiger partial charge in [-0.15, -0.1) is 0 Å². The molecule has 30 heavy (non-hydrogen) atoms. The van der Waals surface area contributed by atoms with Gasteiger partial charge in [-0.1, -0.05) is 0 Å². The molecule has 2 aromatic heterocycles. The van der Waals surface area contributed by atoms with Crippen molar-refractivity contribution < 1.29 is 18.7 Å². The molecular formula is C22H27FN4O3. The van der Waals surface area contributed by atoms with Gasteiger partial charge in [-0.2, -0.15) is 0 Å². The third-order valence-electron chi connectivity index (χ3n) is 6.75. The number of halogens is 1. The van der Waals surface area contributed by atoms with Crippen molar-refractivity contribution in [3.63, 3.8) is 0 Å². The Balaban J connectivity index is 1.53. The molecule has 5 heterocycles. The molecule has 5 rings (SSSR count).